The van der Waals surface area contributed by atoms with E-state index in [9.17, 15) is 4.39 Å². The van der Waals surface area contributed by atoms with Crippen molar-refractivity contribution in [2.45, 2.75) is 26.3 Å². The van der Waals surface area contributed by atoms with Crippen molar-refractivity contribution in [3.8, 4) is 11.5 Å². The van der Waals surface area contributed by atoms with Gasteiger partial charge in [-0.05, 0) is 84.4 Å². The summed E-state index contributed by atoms with van der Waals surface area (Å²) in [5.74, 6) is 0.554. The molecule has 0 fully saturated rings. The smallest absolute Gasteiger partial charge is 0.166 e. The van der Waals surface area contributed by atoms with Gasteiger partial charge in [0.05, 0.1) is 0 Å². The zero-order valence-corrected chi connectivity index (χ0v) is 14.4. The van der Waals surface area contributed by atoms with Crippen molar-refractivity contribution in [3.05, 3.63) is 57.4 Å². The molecule has 0 saturated carbocycles. The van der Waals surface area contributed by atoms with Crippen LogP contribution in [0.3, 0.4) is 0 Å². The summed E-state index contributed by atoms with van der Waals surface area (Å²) < 4.78 is 20.8. The molecule has 1 atom stereocenters. The SMILES string of the molecule is CCCNC(C)c1ccc(Oc2ccc(I)cc2)c(F)c1. The van der Waals surface area contributed by atoms with Gasteiger partial charge in [0.15, 0.2) is 11.6 Å². The first-order valence-corrected chi connectivity index (χ1v) is 8.14. The molecule has 0 heterocycles. The number of ether oxygens (including phenoxy) is 1. The van der Waals surface area contributed by atoms with Crippen molar-refractivity contribution in [1.29, 1.82) is 0 Å². The second kappa shape index (κ2) is 7.75. The average molecular weight is 399 g/mol. The minimum atomic E-state index is -0.337. The second-order valence-corrected chi connectivity index (χ2v) is 6.17. The first-order chi connectivity index (χ1) is 10.1. The van der Waals surface area contributed by atoms with Crippen LogP contribution in [0.25, 0.3) is 0 Å². The lowest BCUT2D eigenvalue weighted by atomic mass is 10.1. The van der Waals surface area contributed by atoms with Gasteiger partial charge in [-0.15, -0.1) is 0 Å². The molecule has 0 aliphatic heterocycles. The maximum Gasteiger partial charge on any atom is 0.166 e. The maximum absolute atomic E-state index is 14.1. The lowest BCUT2D eigenvalue weighted by Gasteiger charge is -2.15. The monoisotopic (exact) mass is 399 g/mol. The summed E-state index contributed by atoms with van der Waals surface area (Å²) in [6, 6.07) is 12.8. The van der Waals surface area contributed by atoms with Gasteiger partial charge in [-0.2, -0.15) is 0 Å². The van der Waals surface area contributed by atoms with Crippen LogP contribution >= 0.6 is 22.6 Å². The van der Waals surface area contributed by atoms with Crippen LogP contribution < -0.4 is 10.1 Å². The summed E-state index contributed by atoms with van der Waals surface area (Å²) in [4.78, 5) is 0. The van der Waals surface area contributed by atoms with Crippen molar-refractivity contribution in [3.63, 3.8) is 0 Å². The molecule has 0 aromatic heterocycles. The van der Waals surface area contributed by atoms with Crippen LogP contribution in [-0.4, -0.2) is 6.54 Å². The summed E-state index contributed by atoms with van der Waals surface area (Å²) in [5.41, 5.74) is 0.927. The molecule has 0 bridgehead atoms. The number of halogens is 2. The van der Waals surface area contributed by atoms with Crippen molar-refractivity contribution in [2.24, 2.45) is 0 Å². The topological polar surface area (TPSA) is 21.3 Å². The van der Waals surface area contributed by atoms with Crippen LogP contribution in [0.15, 0.2) is 42.5 Å². The highest BCUT2D eigenvalue weighted by molar-refractivity contribution is 14.1. The second-order valence-electron chi connectivity index (χ2n) is 4.92. The van der Waals surface area contributed by atoms with Crippen molar-refractivity contribution < 1.29 is 9.13 Å². The van der Waals surface area contributed by atoms with Crippen LogP contribution in [0.5, 0.6) is 11.5 Å². The maximum atomic E-state index is 14.1. The van der Waals surface area contributed by atoms with E-state index in [1.54, 1.807) is 6.07 Å². The lowest BCUT2D eigenvalue weighted by Crippen LogP contribution is -2.19. The van der Waals surface area contributed by atoms with Crippen molar-refractivity contribution in [1.82, 2.24) is 5.32 Å². The Bertz CT molecular complexity index is 586. The molecule has 1 unspecified atom stereocenters. The van der Waals surface area contributed by atoms with E-state index in [2.05, 4.69) is 34.8 Å². The first kappa shape index (κ1) is 16.2. The molecule has 2 rings (SSSR count). The molecule has 4 heteroatoms. The third kappa shape index (κ3) is 4.68. The van der Waals surface area contributed by atoms with Crippen molar-refractivity contribution in [2.75, 3.05) is 6.54 Å². The summed E-state index contributed by atoms with van der Waals surface area (Å²) in [6.45, 7) is 5.06. The molecular formula is C17H19FINO. The number of benzene rings is 2. The van der Waals surface area contributed by atoms with Gasteiger partial charge < -0.3 is 10.1 Å². The zero-order chi connectivity index (χ0) is 15.2. The van der Waals surface area contributed by atoms with Crippen LogP contribution in [0.1, 0.15) is 31.9 Å². The van der Waals surface area contributed by atoms with Gasteiger partial charge in [-0.3, -0.25) is 0 Å². The Morgan fingerprint density at radius 1 is 1.19 bits per heavy atom. The van der Waals surface area contributed by atoms with Crippen LogP contribution in [0, 0.1) is 9.39 Å². The largest absolute Gasteiger partial charge is 0.454 e. The Balaban J connectivity index is 2.10. The van der Waals surface area contributed by atoms with Crippen LogP contribution in [-0.2, 0) is 0 Å². The van der Waals surface area contributed by atoms with E-state index in [4.69, 9.17) is 4.74 Å². The lowest BCUT2D eigenvalue weighted by molar-refractivity contribution is 0.440. The normalized spacial score (nSPS) is 12.2. The molecule has 1 N–H and O–H groups in total. The molecule has 0 spiro atoms. The molecule has 21 heavy (non-hydrogen) atoms. The molecule has 112 valence electrons. The molecule has 2 aromatic carbocycles. The highest BCUT2D eigenvalue weighted by atomic mass is 127. The Hall–Kier alpha value is -1.14. The van der Waals surface area contributed by atoms with E-state index in [0.29, 0.717) is 5.75 Å². The minimum absolute atomic E-state index is 0.131. The predicted molar refractivity (Wildman–Crippen MR) is 92.3 cm³/mol. The quantitative estimate of drug-likeness (QED) is 0.668. The molecule has 0 amide bonds. The molecule has 0 radical (unpaired) electrons. The third-order valence-corrected chi connectivity index (χ3v) is 3.92. The van der Waals surface area contributed by atoms with E-state index in [1.807, 2.05) is 37.3 Å². The standard InChI is InChI=1S/C17H19FINO/c1-3-10-20-12(2)13-4-9-17(16(18)11-13)21-15-7-5-14(19)6-8-15/h4-9,11-12,20H,3,10H2,1-2H3. The number of hydrogen-bond donors (Lipinski definition) is 1. The summed E-state index contributed by atoms with van der Waals surface area (Å²) >= 11 is 2.22. The van der Waals surface area contributed by atoms with E-state index in [0.717, 1.165) is 22.1 Å². The Morgan fingerprint density at radius 2 is 1.90 bits per heavy atom. The molecule has 0 aliphatic rings. The van der Waals surface area contributed by atoms with Gasteiger partial charge in [0.25, 0.3) is 0 Å². The molecule has 2 aromatic rings. The highest BCUT2D eigenvalue weighted by Gasteiger charge is 2.10. The Labute approximate surface area is 138 Å². The number of hydrogen-bond acceptors (Lipinski definition) is 2. The molecule has 0 saturated heterocycles. The predicted octanol–water partition coefficient (Wildman–Crippen LogP) is 5.28. The fraction of sp³-hybridized carbons (Fsp3) is 0.294. The summed E-state index contributed by atoms with van der Waals surface area (Å²) in [5, 5.41) is 3.34. The third-order valence-electron chi connectivity index (χ3n) is 3.20. The highest BCUT2D eigenvalue weighted by Crippen LogP contribution is 2.27. The van der Waals surface area contributed by atoms with Gasteiger partial charge in [-0.25, -0.2) is 4.39 Å². The van der Waals surface area contributed by atoms with E-state index in [1.165, 1.54) is 6.07 Å². The Morgan fingerprint density at radius 3 is 2.52 bits per heavy atom. The van der Waals surface area contributed by atoms with Gasteiger partial charge in [0, 0.05) is 9.61 Å². The van der Waals surface area contributed by atoms with E-state index < -0.39 is 0 Å². The number of rotatable bonds is 6. The van der Waals surface area contributed by atoms with Crippen molar-refractivity contribution >= 4 is 22.6 Å². The fourth-order valence-corrected chi connectivity index (χ4v) is 2.34. The first-order valence-electron chi connectivity index (χ1n) is 7.06. The average Bonchev–Trinajstić information content (AvgIpc) is 2.49. The summed E-state index contributed by atoms with van der Waals surface area (Å²) in [6.07, 6.45) is 1.06. The zero-order valence-electron chi connectivity index (χ0n) is 12.2. The van der Waals surface area contributed by atoms with E-state index >= 15 is 0 Å². The Kier molecular flexibility index (Phi) is 5.99. The number of nitrogens with one attached hydrogen (secondary N) is 1. The van der Waals surface area contributed by atoms with Crippen LogP contribution in [0.4, 0.5) is 4.39 Å². The fourth-order valence-electron chi connectivity index (χ4n) is 1.98. The van der Waals surface area contributed by atoms with Crippen LogP contribution in [0.2, 0.25) is 0 Å². The van der Waals surface area contributed by atoms with Gasteiger partial charge in [-0.1, -0.05) is 13.0 Å². The van der Waals surface area contributed by atoms with E-state index in [-0.39, 0.29) is 17.6 Å². The molecular weight excluding hydrogens is 380 g/mol. The summed E-state index contributed by atoms with van der Waals surface area (Å²) in [7, 11) is 0. The van der Waals surface area contributed by atoms with Gasteiger partial charge in [0.1, 0.15) is 5.75 Å². The molecule has 0 aliphatic carbocycles. The minimum Gasteiger partial charge on any atom is -0.454 e. The molecule has 2 nitrogen and oxygen atoms in total. The van der Waals surface area contributed by atoms with Gasteiger partial charge in [0.2, 0.25) is 0 Å². The van der Waals surface area contributed by atoms with Gasteiger partial charge >= 0.3 is 0 Å².